The molecule has 1 aromatic heterocycles. The van der Waals surface area contributed by atoms with E-state index in [1.54, 1.807) is 13.0 Å². The summed E-state index contributed by atoms with van der Waals surface area (Å²) in [5, 5.41) is 21.5. The number of thiazole rings is 1. The Kier molecular flexibility index (Phi) is 5.85. The molecule has 0 spiro atoms. The van der Waals surface area contributed by atoms with E-state index < -0.39 is 35.1 Å². The number of halogens is 2. The topological polar surface area (TPSA) is 90.7 Å². The molecule has 1 aliphatic heterocycles. The second-order valence-corrected chi connectivity index (χ2v) is 9.16. The fourth-order valence-electron chi connectivity index (χ4n) is 4.18. The first-order valence-electron chi connectivity index (χ1n) is 10.8. The van der Waals surface area contributed by atoms with Crippen molar-refractivity contribution < 1.29 is 28.6 Å². The van der Waals surface area contributed by atoms with E-state index >= 15 is 0 Å². The van der Waals surface area contributed by atoms with Gasteiger partial charge in [0.25, 0.3) is 5.91 Å². The summed E-state index contributed by atoms with van der Waals surface area (Å²) in [6, 6.07) is 16.7. The van der Waals surface area contributed by atoms with Crippen LogP contribution in [0, 0.1) is 18.6 Å². The van der Waals surface area contributed by atoms with Gasteiger partial charge in [-0.3, -0.25) is 14.5 Å². The number of aromatic nitrogens is 1. The Balaban J connectivity index is 1.65. The number of nitrogens with zero attached hydrogens (tertiary/aromatic N) is 2. The number of phenols is 1. The molecule has 2 heterocycles. The number of aliphatic hydroxyl groups is 1. The highest BCUT2D eigenvalue weighted by atomic mass is 32.1. The average Bonchev–Trinajstić information content (AvgIpc) is 3.38. The normalized spacial score (nSPS) is 15.6. The second kappa shape index (κ2) is 9.01. The predicted molar refractivity (Wildman–Crippen MR) is 131 cm³/mol. The maximum atomic E-state index is 14.1. The van der Waals surface area contributed by atoms with Gasteiger partial charge in [0.2, 0.25) is 5.78 Å². The van der Waals surface area contributed by atoms with Crippen LogP contribution in [0.1, 0.15) is 27.0 Å². The van der Waals surface area contributed by atoms with Crippen molar-refractivity contribution >= 4 is 28.7 Å². The van der Waals surface area contributed by atoms with Crippen molar-refractivity contribution in [3.63, 3.8) is 0 Å². The van der Waals surface area contributed by atoms with E-state index in [9.17, 15) is 28.6 Å². The van der Waals surface area contributed by atoms with Gasteiger partial charge in [0.15, 0.2) is 17.4 Å². The molecule has 1 unspecified atom stereocenters. The van der Waals surface area contributed by atoms with Gasteiger partial charge in [-0.2, -0.15) is 0 Å². The van der Waals surface area contributed by atoms with Crippen LogP contribution in [0.5, 0.6) is 5.75 Å². The lowest BCUT2D eigenvalue weighted by Crippen LogP contribution is -2.31. The molecule has 0 saturated carbocycles. The van der Waals surface area contributed by atoms with Gasteiger partial charge in [-0.05, 0) is 36.8 Å². The average molecular weight is 505 g/mol. The van der Waals surface area contributed by atoms with Gasteiger partial charge in [-0.1, -0.05) is 42.5 Å². The summed E-state index contributed by atoms with van der Waals surface area (Å²) in [5.41, 5.74) is 1.20. The summed E-state index contributed by atoms with van der Waals surface area (Å²) in [5.74, 6) is -4.84. The maximum Gasteiger partial charge on any atom is 0.294 e. The van der Waals surface area contributed by atoms with Crippen molar-refractivity contribution in [1.82, 2.24) is 4.98 Å². The molecule has 0 aliphatic carbocycles. The Morgan fingerprint density at radius 1 is 0.972 bits per heavy atom. The number of amides is 1. The first kappa shape index (κ1) is 23.4. The Morgan fingerprint density at radius 3 is 2.42 bits per heavy atom. The number of ketones is 1. The first-order chi connectivity index (χ1) is 17.3. The molecular formula is C27H18F2N2O4S. The molecule has 1 amide bonds. The van der Waals surface area contributed by atoms with Gasteiger partial charge in [0, 0.05) is 17.3 Å². The molecule has 9 heteroatoms. The number of hydrogen-bond donors (Lipinski definition) is 2. The highest BCUT2D eigenvalue weighted by Crippen LogP contribution is 2.44. The highest BCUT2D eigenvalue weighted by molar-refractivity contribution is 7.17. The molecule has 6 nitrogen and oxygen atoms in total. The fraction of sp³-hybridized carbons (Fsp3) is 0.0741. The van der Waals surface area contributed by atoms with E-state index in [-0.39, 0.29) is 21.9 Å². The van der Waals surface area contributed by atoms with Crippen LogP contribution in [0.3, 0.4) is 0 Å². The molecule has 3 aromatic carbocycles. The molecule has 0 bridgehead atoms. The molecule has 1 atom stereocenters. The Morgan fingerprint density at radius 2 is 1.72 bits per heavy atom. The lowest BCUT2D eigenvalue weighted by Gasteiger charge is -2.27. The highest BCUT2D eigenvalue weighted by Gasteiger charge is 2.45. The molecule has 4 aromatic rings. The summed E-state index contributed by atoms with van der Waals surface area (Å²) in [6.07, 6.45) is 0. The summed E-state index contributed by atoms with van der Waals surface area (Å²) in [6.45, 7) is 1.65. The smallest absolute Gasteiger partial charge is 0.294 e. The van der Waals surface area contributed by atoms with Crippen LogP contribution in [0.4, 0.5) is 14.5 Å². The molecule has 0 radical (unpaired) electrons. The van der Waals surface area contributed by atoms with Crippen LogP contribution in [-0.4, -0.2) is 26.9 Å². The molecule has 180 valence electrons. The minimum Gasteiger partial charge on any atom is -0.508 e. The number of anilines is 1. The number of aryl methyl sites for hydroxylation is 1. The number of carbonyl (C=O) groups excluding carboxylic acids is 2. The summed E-state index contributed by atoms with van der Waals surface area (Å²) in [4.78, 5) is 32.7. The largest absolute Gasteiger partial charge is 0.508 e. The number of carbonyl (C=O) groups is 2. The Labute approximate surface area is 208 Å². The quantitative estimate of drug-likeness (QED) is 0.331. The zero-order valence-electron chi connectivity index (χ0n) is 18.8. The number of phenolic OH excluding ortho intramolecular Hbond substituents is 1. The van der Waals surface area contributed by atoms with Crippen LogP contribution in [0.25, 0.3) is 10.6 Å². The van der Waals surface area contributed by atoms with E-state index in [4.69, 9.17) is 0 Å². The minimum atomic E-state index is -1.20. The number of Topliss-reactive ketones (excluding diaryl/α,β-unsaturated/α-hetero) is 1. The van der Waals surface area contributed by atoms with Crippen LogP contribution in [0.15, 0.2) is 84.1 Å². The second-order valence-electron chi connectivity index (χ2n) is 8.16. The van der Waals surface area contributed by atoms with E-state index in [2.05, 4.69) is 4.98 Å². The predicted octanol–water partition coefficient (Wildman–Crippen LogP) is 5.89. The van der Waals surface area contributed by atoms with E-state index in [0.29, 0.717) is 16.3 Å². The van der Waals surface area contributed by atoms with Crippen LogP contribution in [0.2, 0.25) is 0 Å². The monoisotopic (exact) mass is 504 g/mol. The van der Waals surface area contributed by atoms with Crippen LogP contribution in [-0.2, 0) is 4.79 Å². The van der Waals surface area contributed by atoms with Gasteiger partial charge >= 0.3 is 0 Å². The van der Waals surface area contributed by atoms with Crippen molar-refractivity contribution in [1.29, 1.82) is 0 Å². The number of aromatic hydroxyl groups is 1. The molecule has 2 N–H and O–H groups in total. The zero-order chi connectivity index (χ0) is 25.6. The number of aliphatic hydroxyl groups excluding tert-OH is 1. The van der Waals surface area contributed by atoms with Gasteiger partial charge in [-0.15, -0.1) is 11.3 Å². The minimum absolute atomic E-state index is 0.0624. The maximum absolute atomic E-state index is 14.1. The van der Waals surface area contributed by atoms with Crippen molar-refractivity contribution in [3.05, 3.63) is 112 Å². The Bertz CT molecular complexity index is 1550. The number of benzene rings is 3. The molecule has 0 fully saturated rings. The van der Waals surface area contributed by atoms with Crippen molar-refractivity contribution in [2.24, 2.45) is 0 Å². The SMILES string of the molecule is Cc1nc(-c2ccccc2)sc1C(=O)C1=C(O)C(=O)N(c2ccc(F)c(F)c2)C1c1cccc(O)c1. The molecule has 5 rings (SSSR count). The van der Waals surface area contributed by atoms with E-state index in [0.717, 1.165) is 33.9 Å². The number of hydrogen-bond acceptors (Lipinski definition) is 6. The fourth-order valence-corrected chi connectivity index (χ4v) is 5.21. The van der Waals surface area contributed by atoms with Crippen LogP contribution < -0.4 is 4.90 Å². The van der Waals surface area contributed by atoms with Gasteiger partial charge in [0.1, 0.15) is 10.8 Å². The summed E-state index contributed by atoms with van der Waals surface area (Å²) in [7, 11) is 0. The van der Waals surface area contributed by atoms with E-state index in [1.807, 2.05) is 30.3 Å². The summed E-state index contributed by atoms with van der Waals surface area (Å²) >= 11 is 1.12. The van der Waals surface area contributed by atoms with Gasteiger partial charge in [-0.25, -0.2) is 13.8 Å². The molecule has 0 saturated heterocycles. The lowest BCUT2D eigenvalue weighted by atomic mass is 9.94. The third kappa shape index (κ3) is 3.93. The third-order valence-corrected chi connectivity index (χ3v) is 7.05. The lowest BCUT2D eigenvalue weighted by molar-refractivity contribution is -0.117. The van der Waals surface area contributed by atoms with Crippen molar-refractivity contribution in [3.8, 4) is 16.3 Å². The summed E-state index contributed by atoms with van der Waals surface area (Å²) < 4.78 is 27.7. The first-order valence-corrected chi connectivity index (χ1v) is 11.7. The van der Waals surface area contributed by atoms with Crippen molar-refractivity contribution in [2.45, 2.75) is 13.0 Å². The molecular weight excluding hydrogens is 486 g/mol. The molecule has 1 aliphatic rings. The van der Waals surface area contributed by atoms with Gasteiger partial charge < -0.3 is 10.2 Å². The van der Waals surface area contributed by atoms with Crippen molar-refractivity contribution in [2.75, 3.05) is 4.90 Å². The third-order valence-electron chi connectivity index (χ3n) is 5.84. The standard InChI is InChI=1S/C27H18F2N2O4S/c1-14-25(36-26(30-14)15-6-3-2-4-7-15)23(33)21-22(16-8-5-9-18(32)12-16)31(27(35)24(21)34)17-10-11-19(28)20(29)13-17/h2-13,22,32,34H,1H3. The van der Waals surface area contributed by atoms with E-state index in [1.165, 1.54) is 24.3 Å². The molecule has 36 heavy (non-hydrogen) atoms. The zero-order valence-corrected chi connectivity index (χ0v) is 19.6. The Hall–Kier alpha value is -4.37. The van der Waals surface area contributed by atoms with Crippen LogP contribution >= 0.6 is 11.3 Å². The number of rotatable bonds is 5. The van der Waals surface area contributed by atoms with Gasteiger partial charge in [0.05, 0.1) is 22.2 Å².